The number of hydrazone groups is 1. The first kappa shape index (κ1) is 20.3. The molecule has 0 saturated carbocycles. The van der Waals surface area contributed by atoms with Crippen LogP contribution < -0.4 is 19.6 Å². The highest BCUT2D eigenvalue weighted by atomic mass is 16.5. The fourth-order valence-corrected chi connectivity index (χ4v) is 2.53. The molecule has 0 aromatic heterocycles. The van der Waals surface area contributed by atoms with Crippen molar-refractivity contribution in [2.75, 3.05) is 21.3 Å². The number of nitrogens with one attached hydrogen (secondary N) is 1. The van der Waals surface area contributed by atoms with Crippen LogP contribution >= 0.6 is 0 Å². The van der Waals surface area contributed by atoms with Crippen molar-refractivity contribution in [1.29, 1.82) is 0 Å². The summed E-state index contributed by atoms with van der Waals surface area (Å²) in [6.45, 7) is 6.39. The van der Waals surface area contributed by atoms with Crippen molar-refractivity contribution in [2.24, 2.45) is 5.10 Å². The van der Waals surface area contributed by atoms with Crippen LogP contribution in [-0.4, -0.2) is 33.5 Å². The van der Waals surface area contributed by atoms with Crippen molar-refractivity contribution in [3.8, 4) is 17.2 Å². The molecule has 1 N–H and O–H groups in total. The average molecular weight is 370 g/mol. The highest BCUT2D eigenvalue weighted by Gasteiger charge is 2.14. The number of ether oxygens (including phenoxy) is 3. The monoisotopic (exact) mass is 370 g/mol. The van der Waals surface area contributed by atoms with Crippen LogP contribution in [0.1, 0.15) is 42.3 Å². The van der Waals surface area contributed by atoms with Crippen molar-refractivity contribution in [2.45, 2.75) is 26.2 Å². The molecule has 27 heavy (non-hydrogen) atoms. The van der Waals surface area contributed by atoms with Crippen molar-refractivity contribution in [3.63, 3.8) is 0 Å². The zero-order valence-corrected chi connectivity index (χ0v) is 16.6. The molecule has 6 heteroatoms. The maximum absolute atomic E-state index is 12.2. The van der Waals surface area contributed by atoms with Crippen LogP contribution in [0.15, 0.2) is 41.5 Å². The molecular weight excluding hydrogens is 344 g/mol. The van der Waals surface area contributed by atoms with Crippen LogP contribution in [0.2, 0.25) is 0 Å². The minimum atomic E-state index is -0.279. The highest BCUT2D eigenvalue weighted by Crippen LogP contribution is 2.37. The number of benzene rings is 2. The summed E-state index contributed by atoms with van der Waals surface area (Å²) in [5, 5.41) is 4.02. The molecule has 0 heterocycles. The minimum Gasteiger partial charge on any atom is -0.493 e. The van der Waals surface area contributed by atoms with Crippen molar-refractivity contribution < 1.29 is 19.0 Å². The number of carbonyl (C=O) groups excluding carboxylic acids is 1. The first-order chi connectivity index (χ1) is 12.8. The molecule has 0 aliphatic rings. The third-order valence-corrected chi connectivity index (χ3v) is 4.08. The average Bonchev–Trinajstić information content (AvgIpc) is 2.66. The largest absolute Gasteiger partial charge is 0.493 e. The van der Waals surface area contributed by atoms with Gasteiger partial charge in [-0.15, -0.1) is 0 Å². The van der Waals surface area contributed by atoms with Gasteiger partial charge in [-0.2, -0.15) is 5.10 Å². The molecule has 144 valence electrons. The van der Waals surface area contributed by atoms with Gasteiger partial charge in [0.1, 0.15) is 0 Å². The molecule has 2 aromatic rings. The van der Waals surface area contributed by atoms with Gasteiger partial charge in [0, 0.05) is 11.1 Å². The molecule has 1 amide bonds. The summed E-state index contributed by atoms with van der Waals surface area (Å²) in [6, 6.07) is 11.0. The maximum Gasteiger partial charge on any atom is 0.271 e. The number of methoxy groups -OCH3 is 3. The summed E-state index contributed by atoms with van der Waals surface area (Å²) in [4.78, 5) is 12.2. The van der Waals surface area contributed by atoms with Crippen LogP contribution in [-0.2, 0) is 5.41 Å². The highest BCUT2D eigenvalue weighted by molar-refractivity contribution is 5.95. The van der Waals surface area contributed by atoms with E-state index >= 15 is 0 Å². The Bertz CT molecular complexity index is 796. The first-order valence-electron chi connectivity index (χ1n) is 8.54. The molecule has 0 fully saturated rings. The SMILES string of the molecule is COc1cc(/C=N/NC(=O)c2ccc(C(C)(C)C)cc2)cc(OC)c1OC. The van der Waals surface area contributed by atoms with Crippen LogP contribution in [0.25, 0.3) is 0 Å². The van der Waals surface area contributed by atoms with E-state index in [1.165, 1.54) is 11.8 Å². The lowest BCUT2D eigenvalue weighted by Crippen LogP contribution is -2.18. The van der Waals surface area contributed by atoms with Gasteiger partial charge in [-0.3, -0.25) is 4.79 Å². The molecule has 0 atom stereocenters. The van der Waals surface area contributed by atoms with E-state index in [1.807, 2.05) is 12.1 Å². The lowest BCUT2D eigenvalue weighted by molar-refractivity contribution is 0.0955. The summed E-state index contributed by atoms with van der Waals surface area (Å²) >= 11 is 0. The number of hydrogen-bond acceptors (Lipinski definition) is 5. The van der Waals surface area contributed by atoms with Gasteiger partial charge in [-0.1, -0.05) is 32.9 Å². The third-order valence-electron chi connectivity index (χ3n) is 4.08. The van der Waals surface area contributed by atoms with Crippen LogP contribution in [0.3, 0.4) is 0 Å². The molecule has 6 nitrogen and oxygen atoms in total. The van der Waals surface area contributed by atoms with Gasteiger partial charge in [0.15, 0.2) is 11.5 Å². The summed E-state index contributed by atoms with van der Waals surface area (Å²) in [5.41, 5.74) is 4.98. The minimum absolute atomic E-state index is 0.0413. The van der Waals surface area contributed by atoms with E-state index in [0.29, 0.717) is 28.4 Å². The number of rotatable bonds is 6. The molecule has 0 unspecified atom stereocenters. The molecule has 2 rings (SSSR count). The Kier molecular flexibility index (Phi) is 6.45. The fraction of sp³-hybridized carbons (Fsp3) is 0.333. The summed E-state index contributed by atoms with van der Waals surface area (Å²) in [5.74, 6) is 1.25. The van der Waals surface area contributed by atoms with Gasteiger partial charge in [-0.25, -0.2) is 5.43 Å². The van der Waals surface area contributed by atoms with E-state index in [-0.39, 0.29) is 11.3 Å². The predicted octanol–water partition coefficient (Wildman–Crippen LogP) is 3.77. The van der Waals surface area contributed by atoms with Crippen LogP contribution in [0.5, 0.6) is 17.2 Å². The number of hydrogen-bond donors (Lipinski definition) is 1. The normalized spacial score (nSPS) is 11.3. The van der Waals surface area contributed by atoms with Gasteiger partial charge in [0.2, 0.25) is 5.75 Å². The van der Waals surface area contributed by atoms with E-state index in [9.17, 15) is 4.79 Å². The molecule has 0 aliphatic carbocycles. The van der Waals surface area contributed by atoms with Gasteiger partial charge in [0.05, 0.1) is 27.5 Å². The number of carbonyl (C=O) groups is 1. The van der Waals surface area contributed by atoms with Crippen molar-refractivity contribution in [3.05, 3.63) is 53.1 Å². The van der Waals surface area contributed by atoms with Gasteiger partial charge >= 0.3 is 0 Å². The Labute approximate surface area is 160 Å². The standard InChI is InChI=1S/C21H26N2O4/c1-21(2,3)16-9-7-15(8-10-16)20(24)23-22-13-14-11-17(25-4)19(27-6)18(12-14)26-5/h7-13H,1-6H3,(H,23,24)/b22-13+. The Morgan fingerprint density at radius 3 is 1.96 bits per heavy atom. The Morgan fingerprint density at radius 1 is 0.963 bits per heavy atom. The Hall–Kier alpha value is -3.02. The molecule has 0 saturated heterocycles. The van der Waals surface area contributed by atoms with E-state index in [2.05, 4.69) is 31.3 Å². The maximum atomic E-state index is 12.2. The molecule has 0 radical (unpaired) electrons. The summed E-state index contributed by atoms with van der Waals surface area (Å²) in [6.07, 6.45) is 1.52. The predicted molar refractivity (Wildman–Crippen MR) is 106 cm³/mol. The van der Waals surface area contributed by atoms with Crippen molar-refractivity contribution >= 4 is 12.1 Å². The van der Waals surface area contributed by atoms with Gasteiger partial charge in [-0.05, 0) is 35.2 Å². The van der Waals surface area contributed by atoms with E-state index in [0.717, 1.165) is 0 Å². The second-order valence-corrected chi connectivity index (χ2v) is 6.99. The molecule has 0 spiro atoms. The zero-order valence-electron chi connectivity index (χ0n) is 16.6. The molecule has 2 aromatic carbocycles. The third kappa shape index (κ3) is 5.00. The van der Waals surface area contributed by atoms with Crippen LogP contribution in [0, 0.1) is 0 Å². The van der Waals surface area contributed by atoms with Crippen LogP contribution in [0.4, 0.5) is 0 Å². The molecule has 0 aliphatic heterocycles. The van der Waals surface area contributed by atoms with Gasteiger partial charge in [0.25, 0.3) is 5.91 Å². The zero-order chi connectivity index (χ0) is 20.0. The molecular formula is C21H26N2O4. The lowest BCUT2D eigenvalue weighted by atomic mass is 9.87. The quantitative estimate of drug-likeness (QED) is 0.621. The van der Waals surface area contributed by atoms with E-state index in [4.69, 9.17) is 14.2 Å². The smallest absolute Gasteiger partial charge is 0.271 e. The van der Waals surface area contributed by atoms with E-state index < -0.39 is 0 Å². The number of amides is 1. The second-order valence-electron chi connectivity index (χ2n) is 6.99. The Balaban J connectivity index is 2.12. The number of nitrogens with zero attached hydrogens (tertiary/aromatic N) is 1. The summed E-state index contributed by atoms with van der Waals surface area (Å²) in [7, 11) is 4.63. The van der Waals surface area contributed by atoms with Gasteiger partial charge < -0.3 is 14.2 Å². The Morgan fingerprint density at radius 2 is 1.52 bits per heavy atom. The second kappa shape index (κ2) is 8.58. The van der Waals surface area contributed by atoms with E-state index in [1.54, 1.807) is 45.6 Å². The molecule has 0 bridgehead atoms. The topological polar surface area (TPSA) is 69.2 Å². The first-order valence-corrected chi connectivity index (χ1v) is 8.54. The summed E-state index contributed by atoms with van der Waals surface area (Å²) < 4.78 is 15.9. The van der Waals surface area contributed by atoms with Crippen molar-refractivity contribution in [1.82, 2.24) is 5.43 Å². The lowest BCUT2D eigenvalue weighted by Gasteiger charge is -2.18. The fourth-order valence-electron chi connectivity index (χ4n) is 2.53.